The van der Waals surface area contributed by atoms with Crippen molar-refractivity contribution in [2.75, 3.05) is 13.1 Å². The minimum absolute atomic E-state index is 0.126. The summed E-state index contributed by atoms with van der Waals surface area (Å²) in [6, 6.07) is 2.20. The van der Waals surface area contributed by atoms with Crippen molar-refractivity contribution in [1.29, 1.82) is 0 Å². The van der Waals surface area contributed by atoms with E-state index >= 15 is 0 Å². The first kappa shape index (κ1) is 13.6. The molecule has 0 radical (unpaired) electrons. The number of carbonyl (C=O) groups is 1. The molecule has 1 aromatic rings. The van der Waals surface area contributed by atoms with Gasteiger partial charge in [0.15, 0.2) is 0 Å². The number of nitrogens with zero attached hydrogens (tertiary/aromatic N) is 2. The highest BCUT2D eigenvalue weighted by molar-refractivity contribution is 9.10. The van der Waals surface area contributed by atoms with Crippen molar-refractivity contribution < 1.29 is 4.79 Å². The monoisotopic (exact) mass is 313 g/mol. The molecule has 1 aliphatic heterocycles. The SMILES string of the molecule is Cn1cc(Br)cc1C(=O)N1CCCCC1CCN. The number of aromatic nitrogens is 1. The van der Waals surface area contributed by atoms with Crippen LogP contribution in [0.25, 0.3) is 0 Å². The van der Waals surface area contributed by atoms with Crippen LogP contribution in [-0.4, -0.2) is 34.5 Å². The van der Waals surface area contributed by atoms with Crippen LogP contribution < -0.4 is 5.73 Å². The zero-order valence-corrected chi connectivity index (χ0v) is 12.3. The minimum atomic E-state index is 0.126. The summed E-state index contributed by atoms with van der Waals surface area (Å²) in [5.41, 5.74) is 6.39. The largest absolute Gasteiger partial charge is 0.345 e. The minimum Gasteiger partial charge on any atom is -0.345 e. The van der Waals surface area contributed by atoms with Crippen LogP contribution in [0.15, 0.2) is 16.7 Å². The van der Waals surface area contributed by atoms with Gasteiger partial charge in [-0.05, 0) is 54.2 Å². The van der Waals surface area contributed by atoms with E-state index in [4.69, 9.17) is 5.73 Å². The van der Waals surface area contributed by atoms with Crippen molar-refractivity contribution in [2.45, 2.75) is 31.7 Å². The van der Waals surface area contributed by atoms with Crippen LogP contribution in [-0.2, 0) is 7.05 Å². The highest BCUT2D eigenvalue weighted by atomic mass is 79.9. The fraction of sp³-hybridized carbons (Fsp3) is 0.615. The molecule has 1 fully saturated rings. The van der Waals surface area contributed by atoms with Gasteiger partial charge in [0.1, 0.15) is 5.69 Å². The lowest BCUT2D eigenvalue weighted by Crippen LogP contribution is -2.45. The maximum atomic E-state index is 12.6. The number of halogens is 1. The smallest absolute Gasteiger partial charge is 0.270 e. The summed E-state index contributed by atoms with van der Waals surface area (Å²) in [5.74, 6) is 0.126. The Kier molecular flexibility index (Phi) is 4.45. The lowest BCUT2D eigenvalue weighted by molar-refractivity contribution is 0.0595. The van der Waals surface area contributed by atoms with Gasteiger partial charge < -0.3 is 15.2 Å². The van der Waals surface area contributed by atoms with Crippen molar-refractivity contribution in [3.63, 3.8) is 0 Å². The summed E-state index contributed by atoms with van der Waals surface area (Å²) in [6.45, 7) is 1.50. The van der Waals surface area contributed by atoms with Crippen LogP contribution in [0.1, 0.15) is 36.2 Å². The van der Waals surface area contributed by atoms with Gasteiger partial charge in [0, 0.05) is 30.3 Å². The molecule has 0 bridgehead atoms. The maximum Gasteiger partial charge on any atom is 0.270 e. The van der Waals surface area contributed by atoms with E-state index in [0.717, 1.165) is 36.0 Å². The van der Waals surface area contributed by atoms with E-state index in [1.807, 2.05) is 28.8 Å². The molecular formula is C13H20BrN3O. The number of amides is 1. The number of nitrogens with two attached hydrogens (primary N) is 1. The molecule has 1 unspecified atom stereocenters. The van der Waals surface area contributed by atoms with E-state index in [2.05, 4.69) is 15.9 Å². The van der Waals surface area contributed by atoms with Crippen molar-refractivity contribution in [1.82, 2.24) is 9.47 Å². The number of rotatable bonds is 3. The number of hydrogen-bond acceptors (Lipinski definition) is 2. The molecule has 1 atom stereocenters. The van der Waals surface area contributed by atoms with E-state index in [0.29, 0.717) is 12.6 Å². The van der Waals surface area contributed by atoms with Gasteiger partial charge in [0.05, 0.1) is 0 Å². The van der Waals surface area contributed by atoms with Crippen molar-refractivity contribution >= 4 is 21.8 Å². The van der Waals surface area contributed by atoms with E-state index in [1.54, 1.807) is 0 Å². The highest BCUT2D eigenvalue weighted by Crippen LogP contribution is 2.23. The molecule has 0 aromatic carbocycles. The van der Waals surface area contributed by atoms with Gasteiger partial charge in [-0.15, -0.1) is 0 Å². The first-order valence-corrected chi connectivity index (χ1v) is 7.25. The summed E-state index contributed by atoms with van der Waals surface area (Å²) in [5, 5.41) is 0. The van der Waals surface area contributed by atoms with E-state index < -0.39 is 0 Å². The third kappa shape index (κ3) is 2.78. The molecule has 2 heterocycles. The first-order valence-electron chi connectivity index (χ1n) is 6.46. The number of piperidine rings is 1. The summed E-state index contributed by atoms with van der Waals surface area (Å²) < 4.78 is 2.82. The lowest BCUT2D eigenvalue weighted by atomic mass is 9.99. The van der Waals surface area contributed by atoms with Crippen molar-refractivity contribution in [2.24, 2.45) is 12.8 Å². The Balaban J connectivity index is 2.18. The normalized spacial score (nSPS) is 20.2. The van der Waals surface area contributed by atoms with E-state index in [9.17, 15) is 4.79 Å². The third-order valence-corrected chi connectivity index (χ3v) is 4.01. The second-order valence-electron chi connectivity index (χ2n) is 4.88. The predicted molar refractivity (Wildman–Crippen MR) is 75.5 cm³/mol. The molecule has 18 heavy (non-hydrogen) atoms. The molecule has 0 aliphatic carbocycles. The topological polar surface area (TPSA) is 51.3 Å². The number of aryl methyl sites for hydroxylation is 1. The fourth-order valence-corrected chi connectivity index (χ4v) is 3.17. The van der Waals surface area contributed by atoms with Crippen LogP contribution in [0.3, 0.4) is 0 Å². The number of hydrogen-bond donors (Lipinski definition) is 1. The Morgan fingerprint density at radius 3 is 2.94 bits per heavy atom. The molecule has 1 aliphatic rings. The molecule has 2 rings (SSSR count). The standard InChI is InChI=1S/C13H20BrN3O/c1-16-9-10(14)8-12(16)13(18)17-7-3-2-4-11(17)5-6-15/h8-9,11H,2-7,15H2,1H3. The molecule has 5 heteroatoms. The summed E-state index contributed by atoms with van der Waals surface area (Å²) in [7, 11) is 1.90. The summed E-state index contributed by atoms with van der Waals surface area (Å²) in [4.78, 5) is 14.6. The van der Waals surface area contributed by atoms with Gasteiger partial charge in [0.25, 0.3) is 5.91 Å². The second kappa shape index (κ2) is 5.89. The molecule has 1 aromatic heterocycles. The molecule has 100 valence electrons. The molecule has 1 amide bonds. The van der Waals surface area contributed by atoms with E-state index in [-0.39, 0.29) is 5.91 Å². The molecular weight excluding hydrogens is 294 g/mol. The first-order chi connectivity index (χ1) is 8.63. The number of carbonyl (C=O) groups excluding carboxylic acids is 1. The van der Waals surface area contributed by atoms with Crippen LogP contribution in [0.2, 0.25) is 0 Å². The zero-order chi connectivity index (χ0) is 13.1. The summed E-state index contributed by atoms with van der Waals surface area (Å²) >= 11 is 3.41. The van der Waals surface area contributed by atoms with Crippen molar-refractivity contribution in [3.05, 3.63) is 22.4 Å². The van der Waals surface area contributed by atoms with Gasteiger partial charge in [0.2, 0.25) is 0 Å². The quantitative estimate of drug-likeness (QED) is 0.929. The zero-order valence-electron chi connectivity index (χ0n) is 10.7. The molecule has 0 spiro atoms. The Morgan fingerprint density at radius 1 is 1.56 bits per heavy atom. The van der Waals surface area contributed by atoms with E-state index in [1.165, 1.54) is 6.42 Å². The maximum absolute atomic E-state index is 12.6. The average Bonchev–Trinajstić information content (AvgIpc) is 2.69. The van der Waals surface area contributed by atoms with Gasteiger partial charge >= 0.3 is 0 Å². The van der Waals surface area contributed by atoms with Gasteiger partial charge in [-0.3, -0.25) is 4.79 Å². The van der Waals surface area contributed by atoms with Gasteiger partial charge in [-0.2, -0.15) is 0 Å². The van der Waals surface area contributed by atoms with Gasteiger partial charge in [-0.25, -0.2) is 0 Å². The average molecular weight is 314 g/mol. The highest BCUT2D eigenvalue weighted by Gasteiger charge is 2.28. The Morgan fingerprint density at radius 2 is 2.33 bits per heavy atom. The van der Waals surface area contributed by atoms with Crippen LogP contribution in [0.4, 0.5) is 0 Å². The van der Waals surface area contributed by atoms with Crippen LogP contribution in [0.5, 0.6) is 0 Å². The summed E-state index contributed by atoms with van der Waals surface area (Å²) in [6.07, 6.45) is 6.19. The molecule has 2 N–H and O–H groups in total. The fourth-order valence-electron chi connectivity index (χ4n) is 2.64. The predicted octanol–water partition coefficient (Wildman–Crippen LogP) is 2.13. The Labute approximate surface area is 116 Å². The Hall–Kier alpha value is -0.810. The Bertz CT molecular complexity index is 428. The lowest BCUT2D eigenvalue weighted by Gasteiger charge is -2.35. The molecule has 0 saturated carbocycles. The molecule has 4 nitrogen and oxygen atoms in total. The third-order valence-electron chi connectivity index (χ3n) is 3.58. The second-order valence-corrected chi connectivity index (χ2v) is 5.80. The number of likely N-dealkylation sites (tertiary alicyclic amines) is 1. The van der Waals surface area contributed by atoms with Crippen LogP contribution in [0, 0.1) is 0 Å². The van der Waals surface area contributed by atoms with Gasteiger partial charge in [-0.1, -0.05) is 0 Å². The molecule has 1 saturated heterocycles. The van der Waals surface area contributed by atoms with Crippen LogP contribution >= 0.6 is 15.9 Å². The van der Waals surface area contributed by atoms with Crippen molar-refractivity contribution in [3.8, 4) is 0 Å².